The van der Waals surface area contributed by atoms with Crippen LogP contribution in [0.1, 0.15) is 6.42 Å². The first-order valence-corrected chi connectivity index (χ1v) is 2.42. The zero-order chi connectivity index (χ0) is 7.02. The zero-order valence-corrected chi connectivity index (χ0v) is 4.57. The molecule has 2 amide bonds. The molecule has 1 saturated heterocycles. The fraction of sp³-hybridized carbons (Fsp3) is 0.500. The fourth-order valence-corrected chi connectivity index (χ4v) is 0.635. The maximum Gasteiger partial charge on any atom is 0.272 e. The third-order valence-corrected chi connectivity index (χ3v) is 1.16. The quantitative estimate of drug-likeness (QED) is 0.225. The third kappa shape index (κ3) is 0.797. The molecule has 1 rings (SSSR count). The topological polar surface area (TPSA) is 83.6 Å². The van der Waals surface area contributed by atoms with E-state index in [-0.39, 0.29) is 6.42 Å². The highest BCUT2D eigenvalue weighted by Gasteiger charge is 2.35. The van der Waals surface area contributed by atoms with Gasteiger partial charge in [-0.3, -0.25) is 9.59 Å². The first-order chi connectivity index (χ1) is 4.13. The Kier molecular flexibility index (Phi) is 1.22. The summed E-state index contributed by atoms with van der Waals surface area (Å²) >= 11 is 0. The number of hydrazine groups is 1. The molecule has 1 fully saturated rings. The van der Waals surface area contributed by atoms with Crippen LogP contribution < -0.4 is 5.84 Å². The molecule has 1 unspecified atom stereocenters. The van der Waals surface area contributed by atoms with Crippen LogP contribution in [0.3, 0.4) is 0 Å². The summed E-state index contributed by atoms with van der Waals surface area (Å²) in [5.41, 5.74) is 0. The minimum atomic E-state index is -1.22. The van der Waals surface area contributed by atoms with Crippen LogP contribution in [-0.4, -0.2) is 28.0 Å². The number of hydrogen-bond acceptors (Lipinski definition) is 4. The Balaban J connectivity index is 2.77. The lowest BCUT2D eigenvalue weighted by atomic mass is 10.3. The number of nitrogens with two attached hydrogens (primary N) is 1. The second-order valence-electron chi connectivity index (χ2n) is 1.82. The van der Waals surface area contributed by atoms with Crippen molar-refractivity contribution in [2.75, 3.05) is 0 Å². The van der Waals surface area contributed by atoms with E-state index in [9.17, 15) is 9.59 Å². The van der Waals surface area contributed by atoms with Crippen LogP contribution in [0.2, 0.25) is 0 Å². The van der Waals surface area contributed by atoms with E-state index < -0.39 is 17.9 Å². The van der Waals surface area contributed by atoms with Gasteiger partial charge in [0, 0.05) is 0 Å². The maximum atomic E-state index is 10.4. The van der Waals surface area contributed by atoms with Gasteiger partial charge in [0.1, 0.15) is 6.10 Å². The summed E-state index contributed by atoms with van der Waals surface area (Å²) in [5, 5.41) is 9.08. The van der Waals surface area contributed by atoms with E-state index in [1.54, 1.807) is 0 Å². The average Bonchev–Trinajstić information content (AvgIpc) is 1.98. The number of carbonyl (C=O) groups excluding carboxylic acids is 2. The minimum absolute atomic E-state index is 0.185. The van der Waals surface area contributed by atoms with Gasteiger partial charge >= 0.3 is 0 Å². The molecule has 0 aromatic rings. The van der Waals surface area contributed by atoms with Crippen molar-refractivity contribution in [3.63, 3.8) is 0 Å². The molecular formula is C4H6N2O3. The van der Waals surface area contributed by atoms with Gasteiger partial charge in [0.15, 0.2) is 0 Å². The van der Waals surface area contributed by atoms with Crippen molar-refractivity contribution < 1.29 is 14.7 Å². The predicted octanol–water partition coefficient (Wildman–Crippen LogP) is -2.02. The van der Waals surface area contributed by atoms with Crippen molar-refractivity contribution in [1.29, 1.82) is 0 Å². The maximum absolute atomic E-state index is 10.4. The number of aliphatic hydroxyl groups excluding tert-OH is 1. The fourth-order valence-electron chi connectivity index (χ4n) is 0.635. The van der Waals surface area contributed by atoms with Gasteiger partial charge in [-0.2, -0.15) is 0 Å². The van der Waals surface area contributed by atoms with Crippen molar-refractivity contribution in [2.45, 2.75) is 12.5 Å². The molecule has 0 aromatic carbocycles. The Morgan fingerprint density at radius 1 is 1.67 bits per heavy atom. The SMILES string of the molecule is NN1C(=O)CC(O)C1=O. The van der Waals surface area contributed by atoms with Crippen molar-refractivity contribution in [3.05, 3.63) is 0 Å². The lowest BCUT2D eigenvalue weighted by Gasteiger charge is -2.02. The van der Waals surface area contributed by atoms with E-state index in [4.69, 9.17) is 10.9 Å². The summed E-state index contributed by atoms with van der Waals surface area (Å²) in [4.78, 5) is 20.9. The molecular weight excluding hydrogens is 124 g/mol. The number of imide groups is 1. The highest BCUT2D eigenvalue weighted by atomic mass is 16.3. The normalized spacial score (nSPS) is 27.8. The van der Waals surface area contributed by atoms with Gasteiger partial charge in [-0.15, -0.1) is 0 Å². The van der Waals surface area contributed by atoms with Gasteiger partial charge < -0.3 is 5.11 Å². The van der Waals surface area contributed by atoms with Gasteiger partial charge in [0.25, 0.3) is 5.91 Å². The van der Waals surface area contributed by atoms with Gasteiger partial charge in [0.05, 0.1) is 6.42 Å². The number of carbonyl (C=O) groups is 2. The molecule has 0 bridgehead atoms. The predicted molar refractivity (Wildman–Crippen MR) is 26.7 cm³/mol. The molecule has 3 N–H and O–H groups in total. The molecule has 0 spiro atoms. The number of aliphatic hydroxyl groups is 1. The summed E-state index contributed by atoms with van der Waals surface area (Å²) in [6.07, 6.45) is -1.41. The number of nitrogens with zero attached hydrogens (tertiary/aromatic N) is 1. The lowest BCUT2D eigenvalue weighted by molar-refractivity contribution is -0.141. The average molecular weight is 130 g/mol. The number of hydrogen-bond donors (Lipinski definition) is 2. The van der Waals surface area contributed by atoms with Crippen LogP contribution in [0.15, 0.2) is 0 Å². The van der Waals surface area contributed by atoms with Gasteiger partial charge in [-0.1, -0.05) is 0 Å². The van der Waals surface area contributed by atoms with Crippen LogP contribution in [-0.2, 0) is 9.59 Å². The van der Waals surface area contributed by atoms with Crippen LogP contribution in [0.25, 0.3) is 0 Å². The summed E-state index contributed by atoms with van der Waals surface area (Å²) < 4.78 is 0. The molecule has 9 heavy (non-hydrogen) atoms. The smallest absolute Gasteiger partial charge is 0.272 e. The Morgan fingerprint density at radius 3 is 2.33 bits per heavy atom. The van der Waals surface area contributed by atoms with Crippen molar-refractivity contribution in [2.24, 2.45) is 5.84 Å². The van der Waals surface area contributed by atoms with Crippen LogP contribution in [0.5, 0.6) is 0 Å². The second-order valence-corrected chi connectivity index (χ2v) is 1.82. The van der Waals surface area contributed by atoms with E-state index in [1.165, 1.54) is 0 Å². The van der Waals surface area contributed by atoms with Crippen molar-refractivity contribution >= 4 is 11.8 Å². The highest BCUT2D eigenvalue weighted by molar-refractivity contribution is 6.04. The zero-order valence-electron chi connectivity index (χ0n) is 4.57. The number of rotatable bonds is 0. The van der Waals surface area contributed by atoms with Gasteiger partial charge in [-0.05, 0) is 0 Å². The first kappa shape index (κ1) is 6.18. The summed E-state index contributed by atoms with van der Waals surface area (Å²) in [5.74, 6) is 3.63. The molecule has 1 aliphatic heterocycles. The molecule has 1 heterocycles. The molecule has 50 valence electrons. The summed E-state index contributed by atoms with van der Waals surface area (Å²) in [6, 6.07) is 0. The van der Waals surface area contributed by atoms with E-state index in [0.717, 1.165) is 0 Å². The van der Waals surface area contributed by atoms with E-state index >= 15 is 0 Å². The van der Waals surface area contributed by atoms with Crippen LogP contribution in [0, 0.1) is 0 Å². The largest absolute Gasteiger partial charge is 0.383 e. The highest BCUT2D eigenvalue weighted by Crippen LogP contribution is 2.06. The molecule has 5 nitrogen and oxygen atoms in total. The molecule has 5 heteroatoms. The second kappa shape index (κ2) is 1.78. The monoisotopic (exact) mass is 130 g/mol. The Morgan fingerprint density at radius 2 is 2.22 bits per heavy atom. The molecule has 0 radical (unpaired) electrons. The van der Waals surface area contributed by atoms with Crippen LogP contribution in [0.4, 0.5) is 0 Å². The molecule has 0 aliphatic carbocycles. The van der Waals surface area contributed by atoms with Crippen LogP contribution >= 0.6 is 0 Å². The van der Waals surface area contributed by atoms with E-state index in [1.807, 2.05) is 0 Å². The molecule has 0 aromatic heterocycles. The Bertz CT molecular complexity index is 167. The Hall–Kier alpha value is -0.940. The summed E-state index contributed by atoms with van der Waals surface area (Å²) in [6.45, 7) is 0. The lowest BCUT2D eigenvalue weighted by Crippen LogP contribution is -2.37. The van der Waals surface area contributed by atoms with E-state index in [0.29, 0.717) is 5.01 Å². The molecule has 1 aliphatic rings. The minimum Gasteiger partial charge on any atom is -0.383 e. The van der Waals surface area contributed by atoms with Gasteiger partial charge in [0.2, 0.25) is 5.91 Å². The molecule has 0 saturated carbocycles. The number of amides is 2. The van der Waals surface area contributed by atoms with E-state index in [2.05, 4.69) is 0 Å². The Labute approximate surface area is 51.0 Å². The molecule has 1 atom stereocenters. The first-order valence-electron chi connectivity index (χ1n) is 2.42. The summed E-state index contributed by atoms with van der Waals surface area (Å²) in [7, 11) is 0. The standard InChI is InChI=1S/C4H6N2O3/c5-6-3(8)1-2(7)4(6)9/h2,7H,1,5H2. The van der Waals surface area contributed by atoms with Gasteiger partial charge in [-0.25, -0.2) is 10.9 Å². The third-order valence-electron chi connectivity index (χ3n) is 1.16. The van der Waals surface area contributed by atoms with Crippen molar-refractivity contribution in [3.8, 4) is 0 Å². The van der Waals surface area contributed by atoms with Crippen molar-refractivity contribution in [1.82, 2.24) is 5.01 Å².